The zero-order valence-corrected chi connectivity index (χ0v) is 15.1. The molecule has 0 bridgehead atoms. The lowest BCUT2D eigenvalue weighted by molar-refractivity contribution is 0.0597. The smallest absolute Gasteiger partial charge is 0.349 e. The quantitative estimate of drug-likeness (QED) is 0.544. The van der Waals surface area contributed by atoms with E-state index >= 15 is 0 Å². The Hall–Kier alpha value is -3.32. The van der Waals surface area contributed by atoms with Crippen LogP contribution in [-0.4, -0.2) is 26.1 Å². The molecular formula is C19H14ClNO6. The molecule has 27 heavy (non-hydrogen) atoms. The molecule has 0 aliphatic carbocycles. The summed E-state index contributed by atoms with van der Waals surface area (Å²) < 4.78 is 15.0. The Kier molecular flexibility index (Phi) is 5.14. The predicted molar refractivity (Wildman–Crippen MR) is 99.8 cm³/mol. The summed E-state index contributed by atoms with van der Waals surface area (Å²) in [6.45, 7) is 0. The maximum Gasteiger partial charge on any atom is 0.349 e. The minimum atomic E-state index is -0.777. The summed E-state index contributed by atoms with van der Waals surface area (Å²) in [6, 6.07) is 10.9. The second kappa shape index (κ2) is 7.51. The van der Waals surface area contributed by atoms with Crippen molar-refractivity contribution in [1.29, 1.82) is 0 Å². The van der Waals surface area contributed by atoms with Gasteiger partial charge in [0.2, 0.25) is 0 Å². The molecule has 3 aromatic rings. The summed E-state index contributed by atoms with van der Waals surface area (Å²) in [6.07, 6.45) is 0. The van der Waals surface area contributed by atoms with Crippen LogP contribution in [0.3, 0.4) is 0 Å². The molecule has 0 unspecified atom stereocenters. The third-order valence-corrected chi connectivity index (χ3v) is 4.14. The number of rotatable bonds is 4. The molecule has 138 valence electrons. The highest BCUT2D eigenvalue weighted by Gasteiger charge is 2.19. The first-order valence-electron chi connectivity index (χ1n) is 7.74. The lowest BCUT2D eigenvalue weighted by Gasteiger charge is -2.12. The molecule has 8 heteroatoms. The van der Waals surface area contributed by atoms with Crippen LogP contribution in [0, 0.1) is 0 Å². The Labute approximate surface area is 158 Å². The summed E-state index contributed by atoms with van der Waals surface area (Å²) in [4.78, 5) is 36.4. The van der Waals surface area contributed by atoms with Gasteiger partial charge < -0.3 is 19.2 Å². The zero-order valence-electron chi connectivity index (χ0n) is 14.4. The van der Waals surface area contributed by atoms with Gasteiger partial charge in [-0.1, -0.05) is 29.8 Å². The number of carbonyl (C=O) groups excluding carboxylic acids is 2. The highest BCUT2D eigenvalue weighted by Crippen LogP contribution is 2.31. The Morgan fingerprint density at radius 3 is 2.52 bits per heavy atom. The van der Waals surface area contributed by atoms with Crippen molar-refractivity contribution in [3.63, 3.8) is 0 Å². The number of benzene rings is 2. The molecule has 0 atom stereocenters. The molecule has 1 aromatic heterocycles. The first kappa shape index (κ1) is 18.5. The fourth-order valence-corrected chi connectivity index (χ4v) is 2.71. The summed E-state index contributed by atoms with van der Waals surface area (Å²) in [5.74, 6) is -1.18. The van der Waals surface area contributed by atoms with Gasteiger partial charge in [0, 0.05) is 11.5 Å². The lowest BCUT2D eigenvalue weighted by atomic mass is 10.1. The van der Waals surface area contributed by atoms with E-state index in [0.29, 0.717) is 11.0 Å². The van der Waals surface area contributed by atoms with Crippen LogP contribution in [-0.2, 0) is 4.74 Å². The Balaban J connectivity index is 1.98. The minimum Gasteiger partial charge on any atom is -0.496 e. The second-order valence-corrected chi connectivity index (χ2v) is 5.87. The van der Waals surface area contributed by atoms with Crippen LogP contribution < -0.4 is 15.7 Å². The lowest BCUT2D eigenvalue weighted by Crippen LogP contribution is -2.21. The number of esters is 1. The average molecular weight is 388 g/mol. The van der Waals surface area contributed by atoms with Crippen molar-refractivity contribution in [3.05, 3.63) is 69.0 Å². The van der Waals surface area contributed by atoms with Gasteiger partial charge in [-0.3, -0.25) is 4.79 Å². The van der Waals surface area contributed by atoms with Gasteiger partial charge >= 0.3 is 11.6 Å². The predicted octanol–water partition coefficient (Wildman–Crippen LogP) is 3.49. The third-order valence-electron chi connectivity index (χ3n) is 3.83. The number of ether oxygens (including phenoxy) is 2. The van der Waals surface area contributed by atoms with E-state index in [0.717, 1.165) is 0 Å². The SMILES string of the molecule is COC(=O)c1cc(Cl)c(NC(=O)c2cc3ccccc3oc2=O)cc1OC. The number of hydrogen-bond donors (Lipinski definition) is 1. The molecule has 0 saturated heterocycles. The van der Waals surface area contributed by atoms with E-state index in [2.05, 4.69) is 10.1 Å². The van der Waals surface area contributed by atoms with Gasteiger partial charge in [0.05, 0.1) is 24.9 Å². The van der Waals surface area contributed by atoms with E-state index in [1.807, 2.05) is 0 Å². The van der Waals surface area contributed by atoms with Gasteiger partial charge in [0.25, 0.3) is 5.91 Å². The Morgan fingerprint density at radius 1 is 1.07 bits per heavy atom. The number of amides is 1. The first-order chi connectivity index (χ1) is 12.9. The van der Waals surface area contributed by atoms with Gasteiger partial charge in [-0.25, -0.2) is 9.59 Å². The number of methoxy groups -OCH3 is 2. The van der Waals surface area contributed by atoms with Gasteiger partial charge in [-0.05, 0) is 18.2 Å². The van der Waals surface area contributed by atoms with Gasteiger partial charge in [0.15, 0.2) is 0 Å². The van der Waals surface area contributed by atoms with Gasteiger partial charge in [-0.15, -0.1) is 0 Å². The molecule has 0 spiro atoms. The maximum absolute atomic E-state index is 12.5. The molecule has 1 amide bonds. The van der Waals surface area contributed by atoms with Crippen molar-refractivity contribution >= 4 is 40.1 Å². The number of halogens is 1. The maximum atomic E-state index is 12.5. The summed E-state index contributed by atoms with van der Waals surface area (Å²) in [5.41, 5.74) is -0.311. The highest BCUT2D eigenvalue weighted by atomic mass is 35.5. The zero-order chi connectivity index (χ0) is 19.6. The van der Waals surface area contributed by atoms with Crippen LogP contribution in [0.4, 0.5) is 5.69 Å². The third kappa shape index (κ3) is 3.63. The van der Waals surface area contributed by atoms with Crippen molar-refractivity contribution in [1.82, 2.24) is 0 Å². The monoisotopic (exact) mass is 387 g/mol. The molecule has 1 N–H and O–H groups in total. The van der Waals surface area contributed by atoms with Crippen molar-refractivity contribution in [2.45, 2.75) is 0 Å². The average Bonchev–Trinajstić information content (AvgIpc) is 2.67. The number of para-hydroxylation sites is 1. The van der Waals surface area contributed by atoms with E-state index in [1.54, 1.807) is 24.3 Å². The molecule has 7 nitrogen and oxygen atoms in total. The first-order valence-corrected chi connectivity index (χ1v) is 8.12. The van der Waals surface area contributed by atoms with Crippen LogP contribution in [0.5, 0.6) is 5.75 Å². The number of nitrogens with one attached hydrogen (secondary N) is 1. The summed E-state index contributed by atoms with van der Waals surface area (Å²) >= 11 is 6.15. The molecule has 0 radical (unpaired) electrons. The molecule has 1 heterocycles. The van der Waals surface area contributed by atoms with E-state index in [-0.39, 0.29) is 27.6 Å². The largest absolute Gasteiger partial charge is 0.496 e. The van der Waals surface area contributed by atoms with E-state index < -0.39 is 17.5 Å². The van der Waals surface area contributed by atoms with Crippen molar-refractivity contribution in [2.24, 2.45) is 0 Å². The van der Waals surface area contributed by atoms with E-state index in [4.69, 9.17) is 20.8 Å². The fourth-order valence-electron chi connectivity index (χ4n) is 2.50. The number of hydrogen-bond acceptors (Lipinski definition) is 6. The normalized spacial score (nSPS) is 10.5. The van der Waals surface area contributed by atoms with Crippen LogP contribution in [0.2, 0.25) is 5.02 Å². The van der Waals surface area contributed by atoms with Crippen LogP contribution >= 0.6 is 11.6 Å². The van der Waals surface area contributed by atoms with Crippen molar-refractivity contribution < 1.29 is 23.5 Å². The van der Waals surface area contributed by atoms with Crippen molar-refractivity contribution in [2.75, 3.05) is 19.5 Å². The van der Waals surface area contributed by atoms with Crippen LogP contribution in [0.1, 0.15) is 20.7 Å². The number of fused-ring (bicyclic) bond motifs is 1. The molecule has 0 fully saturated rings. The number of anilines is 1. The Bertz CT molecular complexity index is 1110. The second-order valence-electron chi connectivity index (χ2n) is 5.46. The Morgan fingerprint density at radius 2 is 1.81 bits per heavy atom. The summed E-state index contributed by atoms with van der Waals surface area (Å²) in [5, 5.41) is 3.21. The molecule has 0 aliphatic heterocycles. The molecule has 0 aliphatic rings. The van der Waals surface area contributed by atoms with Gasteiger partial charge in [0.1, 0.15) is 22.5 Å². The van der Waals surface area contributed by atoms with Crippen molar-refractivity contribution in [3.8, 4) is 5.75 Å². The van der Waals surface area contributed by atoms with Crippen LogP contribution in [0.15, 0.2) is 51.7 Å². The van der Waals surface area contributed by atoms with E-state index in [1.165, 1.54) is 32.4 Å². The van der Waals surface area contributed by atoms with E-state index in [9.17, 15) is 14.4 Å². The fraction of sp³-hybridized carbons (Fsp3) is 0.105. The number of carbonyl (C=O) groups is 2. The summed E-state index contributed by atoms with van der Waals surface area (Å²) in [7, 11) is 2.59. The topological polar surface area (TPSA) is 94.8 Å². The molecule has 0 saturated carbocycles. The highest BCUT2D eigenvalue weighted by molar-refractivity contribution is 6.34. The molecular weight excluding hydrogens is 374 g/mol. The molecule has 3 rings (SSSR count). The van der Waals surface area contributed by atoms with Crippen LogP contribution in [0.25, 0.3) is 11.0 Å². The van der Waals surface area contributed by atoms with Gasteiger partial charge in [-0.2, -0.15) is 0 Å². The minimum absolute atomic E-state index is 0.0785. The molecule has 2 aromatic carbocycles. The standard InChI is InChI=1S/C19H14ClNO6/c1-25-16-9-14(13(20)8-11(16)18(23)26-2)21-17(22)12-7-10-5-3-4-6-15(10)27-19(12)24/h3-9H,1-2H3,(H,21,22).